The number of aliphatic hydroxyl groups excluding tert-OH is 1. The molecule has 29 heavy (non-hydrogen) atoms. The van der Waals surface area contributed by atoms with Crippen molar-refractivity contribution in [2.24, 2.45) is 29.6 Å². The lowest BCUT2D eigenvalue weighted by Gasteiger charge is -2.43. The molecule has 3 aliphatic rings. The lowest BCUT2D eigenvalue weighted by Crippen LogP contribution is -2.42. The Morgan fingerprint density at radius 1 is 1.31 bits per heavy atom. The van der Waals surface area contributed by atoms with E-state index in [1.54, 1.807) is 0 Å². The van der Waals surface area contributed by atoms with E-state index in [4.69, 9.17) is 9.47 Å². The fourth-order valence-electron chi connectivity index (χ4n) is 5.07. The highest BCUT2D eigenvalue weighted by molar-refractivity contribution is 5.72. The van der Waals surface area contributed by atoms with Gasteiger partial charge in [0.25, 0.3) is 0 Å². The van der Waals surface area contributed by atoms with Crippen molar-refractivity contribution in [3.63, 3.8) is 0 Å². The number of ether oxygens (including phenoxy) is 2. The summed E-state index contributed by atoms with van der Waals surface area (Å²) in [5.41, 5.74) is 1.27. The summed E-state index contributed by atoms with van der Waals surface area (Å²) in [6.07, 6.45) is 9.70. The predicted octanol–water partition coefficient (Wildman–Crippen LogP) is 4.20. The van der Waals surface area contributed by atoms with E-state index in [1.807, 2.05) is 13.8 Å². The van der Waals surface area contributed by atoms with Crippen molar-refractivity contribution in [3.8, 4) is 0 Å². The van der Waals surface area contributed by atoms with Crippen LogP contribution in [0, 0.1) is 29.6 Å². The smallest absolute Gasteiger partial charge is 0.308 e. The van der Waals surface area contributed by atoms with Crippen molar-refractivity contribution in [1.29, 1.82) is 0 Å². The van der Waals surface area contributed by atoms with E-state index >= 15 is 0 Å². The summed E-state index contributed by atoms with van der Waals surface area (Å²) >= 11 is 0. The first-order chi connectivity index (χ1) is 13.8. The zero-order valence-electron chi connectivity index (χ0n) is 18.2. The summed E-state index contributed by atoms with van der Waals surface area (Å²) in [7, 11) is 0. The number of fused-ring (bicyclic) bond motifs is 1. The molecule has 1 fully saturated rings. The summed E-state index contributed by atoms with van der Waals surface area (Å²) in [4.78, 5) is 24.2. The number of allylic oxidation sites excluding steroid dienone is 3. The van der Waals surface area contributed by atoms with Crippen LogP contribution in [0.4, 0.5) is 0 Å². The number of aliphatic hydroxyl groups is 1. The van der Waals surface area contributed by atoms with Gasteiger partial charge in [0.1, 0.15) is 12.2 Å². The molecule has 5 heteroatoms. The normalized spacial score (nSPS) is 37.9. The van der Waals surface area contributed by atoms with E-state index in [1.165, 1.54) is 5.57 Å². The van der Waals surface area contributed by atoms with Gasteiger partial charge in [-0.25, -0.2) is 0 Å². The maximum Gasteiger partial charge on any atom is 0.308 e. The first-order valence-corrected chi connectivity index (χ1v) is 11.3. The molecular weight excluding hydrogens is 368 g/mol. The second-order valence-corrected chi connectivity index (χ2v) is 9.36. The number of rotatable bonds is 6. The van der Waals surface area contributed by atoms with Gasteiger partial charge in [0, 0.05) is 12.3 Å². The van der Waals surface area contributed by atoms with Gasteiger partial charge >= 0.3 is 11.9 Å². The molecule has 0 saturated carbocycles. The molecule has 8 atom stereocenters. The van der Waals surface area contributed by atoms with Crippen molar-refractivity contribution in [2.45, 2.75) is 84.5 Å². The van der Waals surface area contributed by atoms with E-state index in [0.29, 0.717) is 24.2 Å². The fraction of sp³-hybridized carbons (Fsp3) is 0.750. The Kier molecular flexibility index (Phi) is 7.20. The molecule has 0 radical (unpaired) electrons. The van der Waals surface area contributed by atoms with Crippen molar-refractivity contribution in [3.05, 3.63) is 23.8 Å². The molecule has 1 heterocycles. The van der Waals surface area contributed by atoms with E-state index in [9.17, 15) is 14.7 Å². The molecule has 0 bridgehead atoms. The van der Waals surface area contributed by atoms with Gasteiger partial charge < -0.3 is 14.6 Å². The maximum absolute atomic E-state index is 12.5. The number of carbonyl (C=O) groups is 2. The number of esters is 2. The van der Waals surface area contributed by atoms with Gasteiger partial charge in [-0.05, 0) is 49.0 Å². The Morgan fingerprint density at radius 3 is 2.76 bits per heavy atom. The van der Waals surface area contributed by atoms with E-state index in [0.717, 1.165) is 25.7 Å². The first kappa shape index (κ1) is 22.1. The van der Waals surface area contributed by atoms with E-state index in [-0.39, 0.29) is 42.4 Å². The van der Waals surface area contributed by atoms with Gasteiger partial charge in [0.2, 0.25) is 0 Å². The zero-order valence-corrected chi connectivity index (χ0v) is 18.2. The lowest BCUT2D eigenvalue weighted by atomic mass is 9.65. The molecule has 3 unspecified atom stereocenters. The highest BCUT2D eigenvalue weighted by Gasteiger charge is 2.42. The van der Waals surface area contributed by atoms with Crippen molar-refractivity contribution >= 4 is 11.9 Å². The topological polar surface area (TPSA) is 72.8 Å². The summed E-state index contributed by atoms with van der Waals surface area (Å²) in [6.45, 7) is 8.33. The van der Waals surface area contributed by atoms with Gasteiger partial charge in [-0.2, -0.15) is 0 Å². The van der Waals surface area contributed by atoms with Gasteiger partial charge in [-0.3, -0.25) is 9.59 Å². The van der Waals surface area contributed by atoms with Gasteiger partial charge in [-0.15, -0.1) is 0 Å². The molecule has 162 valence electrons. The molecular formula is C24H36O5. The molecule has 5 nitrogen and oxygen atoms in total. The molecule has 1 aliphatic heterocycles. The summed E-state index contributed by atoms with van der Waals surface area (Å²) in [5.74, 6) is 0.755. The highest BCUT2D eigenvalue weighted by atomic mass is 16.5. The van der Waals surface area contributed by atoms with E-state index in [2.05, 4.69) is 32.1 Å². The van der Waals surface area contributed by atoms with Crippen LogP contribution >= 0.6 is 0 Å². The second kappa shape index (κ2) is 9.46. The van der Waals surface area contributed by atoms with Crippen LogP contribution in [0.5, 0.6) is 0 Å². The monoisotopic (exact) mass is 404 g/mol. The SMILES string of the molecule is CCC(C)C(=O)O[C@H]1C[C@@H](C)C=C2C=C[C@H](C)[C@H](CCC3CC(O)CC(=O)O3)[C@H]21. The van der Waals surface area contributed by atoms with Crippen molar-refractivity contribution in [2.75, 3.05) is 0 Å². The number of hydrogen-bond acceptors (Lipinski definition) is 5. The predicted molar refractivity (Wildman–Crippen MR) is 111 cm³/mol. The quantitative estimate of drug-likeness (QED) is 0.672. The Morgan fingerprint density at radius 2 is 2.07 bits per heavy atom. The minimum absolute atomic E-state index is 0.0854. The lowest BCUT2D eigenvalue weighted by molar-refractivity contribution is -0.162. The van der Waals surface area contributed by atoms with Gasteiger partial charge in [0.15, 0.2) is 0 Å². The number of carbonyl (C=O) groups excluding carboxylic acids is 2. The van der Waals surface area contributed by atoms with Crippen LogP contribution in [0.15, 0.2) is 23.8 Å². The van der Waals surface area contributed by atoms with E-state index < -0.39 is 6.10 Å². The van der Waals surface area contributed by atoms with Crippen LogP contribution in [0.25, 0.3) is 0 Å². The fourth-order valence-corrected chi connectivity index (χ4v) is 5.07. The molecule has 0 spiro atoms. The summed E-state index contributed by atoms with van der Waals surface area (Å²) in [5, 5.41) is 9.89. The molecule has 0 aromatic heterocycles. The third-order valence-electron chi connectivity index (χ3n) is 6.93. The number of hydrogen-bond donors (Lipinski definition) is 1. The Labute approximate surface area is 174 Å². The molecule has 3 rings (SSSR count). The van der Waals surface area contributed by atoms with Gasteiger partial charge in [-0.1, -0.05) is 45.9 Å². The summed E-state index contributed by atoms with van der Waals surface area (Å²) in [6, 6.07) is 0. The first-order valence-electron chi connectivity index (χ1n) is 11.3. The third-order valence-corrected chi connectivity index (χ3v) is 6.93. The van der Waals surface area contributed by atoms with Crippen LogP contribution in [-0.4, -0.2) is 35.4 Å². The molecule has 0 aromatic carbocycles. The number of cyclic esters (lactones) is 1. The third kappa shape index (κ3) is 5.30. The zero-order chi connectivity index (χ0) is 21.1. The van der Waals surface area contributed by atoms with Crippen molar-refractivity contribution < 1.29 is 24.2 Å². The minimum Gasteiger partial charge on any atom is -0.462 e. The Hall–Kier alpha value is -1.62. The average Bonchev–Trinajstić information content (AvgIpc) is 2.65. The minimum atomic E-state index is -0.597. The average molecular weight is 405 g/mol. The van der Waals surface area contributed by atoms with Gasteiger partial charge in [0.05, 0.1) is 18.4 Å². The van der Waals surface area contributed by atoms with Crippen LogP contribution in [-0.2, 0) is 19.1 Å². The van der Waals surface area contributed by atoms with Crippen LogP contribution < -0.4 is 0 Å². The molecule has 0 amide bonds. The Bertz CT molecular complexity index is 666. The Balaban J connectivity index is 1.74. The molecule has 1 saturated heterocycles. The van der Waals surface area contributed by atoms with Crippen LogP contribution in [0.3, 0.4) is 0 Å². The van der Waals surface area contributed by atoms with Crippen LogP contribution in [0.1, 0.15) is 66.2 Å². The standard InChI is InChI=1S/C24H36O5/c1-5-15(3)24(27)29-21-11-14(2)10-17-7-6-16(4)20(23(17)21)9-8-19-12-18(25)13-22(26)28-19/h6-7,10,14-16,18-21,23,25H,5,8-9,11-13H2,1-4H3/t14-,15?,16-,18?,19?,20-,21-,23-/m0/s1. The van der Waals surface area contributed by atoms with Crippen LogP contribution in [0.2, 0.25) is 0 Å². The highest BCUT2D eigenvalue weighted by Crippen LogP contribution is 2.45. The molecule has 1 N–H and O–H groups in total. The van der Waals surface area contributed by atoms with Crippen molar-refractivity contribution in [1.82, 2.24) is 0 Å². The largest absolute Gasteiger partial charge is 0.462 e. The second-order valence-electron chi connectivity index (χ2n) is 9.36. The maximum atomic E-state index is 12.5. The summed E-state index contributed by atoms with van der Waals surface area (Å²) < 4.78 is 11.5. The molecule has 2 aliphatic carbocycles. The molecule has 0 aromatic rings.